The molecule has 1 aliphatic carbocycles. The van der Waals surface area contributed by atoms with Crippen molar-refractivity contribution in [3.63, 3.8) is 0 Å². The van der Waals surface area contributed by atoms with Crippen molar-refractivity contribution in [2.75, 3.05) is 13.1 Å². The smallest absolute Gasteiger partial charge is 0.314 e. The van der Waals surface area contributed by atoms with Crippen molar-refractivity contribution in [3.05, 3.63) is 30.1 Å². The van der Waals surface area contributed by atoms with Gasteiger partial charge in [0.1, 0.15) is 0 Å². The number of hydrogen-bond donors (Lipinski definition) is 1. The van der Waals surface area contributed by atoms with Crippen molar-refractivity contribution in [1.29, 1.82) is 0 Å². The maximum Gasteiger partial charge on any atom is 0.314 e. The van der Waals surface area contributed by atoms with Gasteiger partial charge in [0.05, 0.1) is 5.41 Å². The third-order valence-electron chi connectivity index (χ3n) is 4.34. The van der Waals surface area contributed by atoms with Crippen LogP contribution >= 0.6 is 0 Å². The number of carboxylic acids is 1. The normalized spacial score (nSPS) is 23.8. The highest BCUT2D eigenvalue weighted by molar-refractivity contribution is 5.81. The molecule has 1 aliphatic heterocycles. The van der Waals surface area contributed by atoms with Crippen LogP contribution in [0.2, 0.25) is 0 Å². The number of rotatable bonds is 3. The second kappa shape index (κ2) is 4.35. The molecule has 1 aromatic heterocycles. The molecule has 0 spiro atoms. The van der Waals surface area contributed by atoms with E-state index >= 15 is 0 Å². The summed E-state index contributed by atoms with van der Waals surface area (Å²) in [6.07, 6.45) is 7.37. The summed E-state index contributed by atoms with van der Waals surface area (Å²) in [6, 6.07) is 4.45. The molecule has 18 heavy (non-hydrogen) atoms. The number of hydrogen-bond acceptors (Lipinski definition) is 3. The lowest BCUT2D eigenvalue weighted by Crippen LogP contribution is -2.48. The van der Waals surface area contributed by atoms with Gasteiger partial charge in [-0.1, -0.05) is 6.07 Å². The van der Waals surface area contributed by atoms with E-state index in [2.05, 4.69) is 9.88 Å². The largest absolute Gasteiger partial charge is 0.481 e. The highest BCUT2D eigenvalue weighted by Gasteiger charge is 2.45. The van der Waals surface area contributed by atoms with E-state index in [1.54, 1.807) is 12.4 Å². The Morgan fingerprint density at radius 1 is 1.39 bits per heavy atom. The van der Waals surface area contributed by atoms with E-state index in [0.29, 0.717) is 12.8 Å². The first-order valence-corrected chi connectivity index (χ1v) is 6.60. The fourth-order valence-corrected chi connectivity index (χ4v) is 2.98. The van der Waals surface area contributed by atoms with Gasteiger partial charge >= 0.3 is 5.97 Å². The molecule has 4 heteroatoms. The molecule has 0 bridgehead atoms. The molecule has 0 unspecified atom stereocenters. The minimum Gasteiger partial charge on any atom is -0.481 e. The van der Waals surface area contributed by atoms with Crippen LogP contribution < -0.4 is 0 Å². The number of pyridine rings is 1. The molecule has 2 aliphatic rings. The van der Waals surface area contributed by atoms with Gasteiger partial charge in [-0.3, -0.25) is 9.78 Å². The lowest BCUT2D eigenvalue weighted by atomic mass is 9.73. The highest BCUT2D eigenvalue weighted by Crippen LogP contribution is 2.39. The molecule has 96 valence electrons. The number of likely N-dealkylation sites (tertiary alicyclic amines) is 1. The molecule has 2 heterocycles. The number of aliphatic carboxylic acids is 1. The van der Waals surface area contributed by atoms with Gasteiger partial charge < -0.3 is 10.0 Å². The zero-order chi connectivity index (χ0) is 12.6. The molecule has 1 saturated carbocycles. The average Bonchev–Trinajstić information content (AvgIpc) is 3.24. The molecule has 0 amide bonds. The van der Waals surface area contributed by atoms with E-state index in [-0.39, 0.29) is 0 Å². The highest BCUT2D eigenvalue weighted by atomic mass is 16.4. The minimum atomic E-state index is -0.723. The van der Waals surface area contributed by atoms with Crippen molar-refractivity contribution in [2.24, 2.45) is 0 Å². The molecule has 2 fully saturated rings. The van der Waals surface area contributed by atoms with Crippen LogP contribution in [0.4, 0.5) is 0 Å². The Balaban J connectivity index is 1.83. The Hall–Kier alpha value is -1.42. The van der Waals surface area contributed by atoms with Crippen molar-refractivity contribution in [2.45, 2.75) is 37.1 Å². The lowest BCUT2D eigenvalue weighted by Gasteiger charge is -2.39. The van der Waals surface area contributed by atoms with Crippen LogP contribution in [0.15, 0.2) is 24.5 Å². The summed E-state index contributed by atoms with van der Waals surface area (Å²) in [7, 11) is 0. The fraction of sp³-hybridized carbons (Fsp3) is 0.571. The third kappa shape index (κ3) is 1.90. The van der Waals surface area contributed by atoms with Crippen molar-refractivity contribution in [3.8, 4) is 0 Å². The number of aromatic nitrogens is 1. The van der Waals surface area contributed by atoms with E-state index in [1.807, 2.05) is 12.1 Å². The summed E-state index contributed by atoms with van der Waals surface area (Å²) >= 11 is 0. The van der Waals surface area contributed by atoms with Gasteiger partial charge in [-0.05, 0) is 50.4 Å². The monoisotopic (exact) mass is 246 g/mol. The van der Waals surface area contributed by atoms with Gasteiger partial charge in [0.15, 0.2) is 0 Å². The average molecular weight is 246 g/mol. The van der Waals surface area contributed by atoms with Crippen LogP contribution in [-0.4, -0.2) is 40.1 Å². The predicted molar refractivity (Wildman–Crippen MR) is 67.4 cm³/mol. The minimum absolute atomic E-state index is 0.699. The van der Waals surface area contributed by atoms with Crippen LogP contribution in [0.1, 0.15) is 31.2 Å². The SMILES string of the molecule is O=C(O)C1(c2cccnc2)CCN(C2CC2)CC1. The van der Waals surface area contributed by atoms with Gasteiger partial charge in [0.25, 0.3) is 0 Å². The first-order valence-electron chi connectivity index (χ1n) is 6.60. The fourth-order valence-electron chi connectivity index (χ4n) is 2.98. The Morgan fingerprint density at radius 2 is 2.11 bits per heavy atom. The Kier molecular flexibility index (Phi) is 2.82. The summed E-state index contributed by atoms with van der Waals surface area (Å²) in [5.74, 6) is -0.703. The standard InChI is InChI=1S/C14H18N2O2/c17-13(18)14(11-2-1-7-15-10-11)5-8-16(9-6-14)12-3-4-12/h1-2,7,10,12H,3-6,8-9H2,(H,17,18). The van der Waals surface area contributed by atoms with E-state index < -0.39 is 11.4 Å². The molecule has 1 N–H and O–H groups in total. The van der Waals surface area contributed by atoms with Crippen LogP contribution in [0.3, 0.4) is 0 Å². The maximum atomic E-state index is 11.7. The zero-order valence-corrected chi connectivity index (χ0v) is 10.4. The Labute approximate surface area is 107 Å². The van der Waals surface area contributed by atoms with Gasteiger partial charge in [-0.25, -0.2) is 0 Å². The first-order chi connectivity index (χ1) is 8.72. The maximum absolute atomic E-state index is 11.7. The molecule has 3 rings (SSSR count). The number of nitrogens with zero attached hydrogens (tertiary/aromatic N) is 2. The Bertz CT molecular complexity index is 434. The van der Waals surface area contributed by atoms with Gasteiger partial charge in [0, 0.05) is 18.4 Å². The second-order valence-corrected chi connectivity index (χ2v) is 5.40. The summed E-state index contributed by atoms with van der Waals surface area (Å²) in [5.41, 5.74) is 0.132. The quantitative estimate of drug-likeness (QED) is 0.881. The van der Waals surface area contributed by atoms with E-state index in [9.17, 15) is 9.90 Å². The van der Waals surface area contributed by atoms with Crippen molar-refractivity contribution >= 4 is 5.97 Å². The molecule has 1 saturated heterocycles. The van der Waals surface area contributed by atoms with Crippen LogP contribution in [-0.2, 0) is 10.2 Å². The van der Waals surface area contributed by atoms with E-state index in [0.717, 1.165) is 24.7 Å². The number of carboxylic acid groups (broad SMARTS) is 1. The Morgan fingerprint density at radius 3 is 2.61 bits per heavy atom. The van der Waals surface area contributed by atoms with Gasteiger partial charge in [0.2, 0.25) is 0 Å². The van der Waals surface area contributed by atoms with Crippen LogP contribution in [0.5, 0.6) is 0 Å². The topological polar surface area (TPSA) is 53.4 Å². The molecule has 1 aromatic rings. The third-order valence-corrected chi connectivity index (χ3v) is 4.34. The predicted octanol–water partition coefficient (Wildman–Crippen LogP) is 1.66. The number of piperidine rings is 1. The zero-order valence-electron chi connectivity index (χ0n) is 10.4. The van der Waals surface area contributed by atoms with Gasteiger partial charge in [-0.2, -0.15) is 0 Å². The summed E-state index contributed by atoms with van der Waals surface area (Å²) < 4.78 is 0. The van der Waals surface area contributed by atoms with Crippen molar-refractivity contribution < 1.29 is 9.90 Å². The molecular weight excluding hydrogens is 228 g/mol. The van der Waals surface area contributed by atoms with E-state index in [1.165, 1.54) is 12.8 Å². The second-order valence-electron chi connectivity index (χ2n) is 5.40. The van der Waals surface area contributed by atoms with Crippen LogP contribution in [0, 0.1) is 0 Å². The molecule has 4 nitrogen and oxygen atoms in total. The molecule has 0 atom stereocenters. The van der Waals surface area contributed by atoms with Gasteiger partial charge in [-0.15, -0.1) is 0 Å². The summed E-state index contributed by atoms with van der Waals surface area (Å²) in [5, 5.41) is 9.64. The molecule has 0 radical (unpaired) electrons. The van der Waals surface area contributed by atoms with Crippen LogP contribution in [0.25, 0.3) is 0 Å². The molecule has 0 aromatic carbocycles. The van der Waals surface area contributed by atoms with E-state index in [4.69, 9.17) is 0 Å². The summed E-state index contributed by atoms with van der Waals surface area (Å²) in [6.45, 7) is 1.79. The summed E-state index contributed by atoms with van der Waals surface area (Å²) in [4.78, 5) is 18.2. The number of carbonyl (C=O) groups is 1. The lowest BCUT2D eigenvalue weighted by molar-refractivity contribution is -0.146. The van der Waals surface area contributed by atoms with Crippen molar-refractivity contribution in [1.82, 2.24) is 9.88 Å². The first kappa shape index (κ1) is 11.7. The molecular formula is C14H18N2O2.